The number of ether oxygens (including phenoxy) is 1. The van der Waals surface area contributed by atoms with Crippen LogP contribution in [0.3, 0.4) is 0 Å². The van der Waals surface area contributed by atoms with Crippen molar-refractivity contribution in [1.82, 2.24) is 10.6 Å². The Bertz CT molecular complexity index is 1060. The lowest BCUT2D eigenvalue weighted by molar-refractivity contribution is -0.150. The van der Waals surface area contributed by atoms with Crippen molar-refractivity contribution in [3.05, 3.63) is 59.7 Å². The van der Waals surface area contributed by atoms with Crippen LogP contribution in [-0.4, -0.2) is 53.5 Å². The third-order valence-electron chi connectivity index (χ3n) is 7.29. The van der Waals surface area contributed by atoms with Crippen LogP contribution in [0.2, 0.25) is 0 Å². The van der Waals surface area contributed by atoms with Gasteiger partial charge in [0.15, 0.2) is 5.54 Å². The first-order valence-corrected chi connectivity index (χ1v) is 12.1. The molecule has 186 valence electrons. The number of benzene rings is 2. The fourth-order valence-electron chi connectivity index (χ4n) is 5.19. The zero-order valence-corrected chi connectivity index (χ0v) is 19.8. The van der Waals surface area contributed by atoms with Gasteiger partial charge in [-0.1, -0.05) is 61.4 Å². The van der Waals surface area contributed by atoms with E-state index in [0.29, 0.717) is 6.42 Å². The van der Waals surface area contributed by atoms with Gasteiger partial charge in [0.1, 0.15) is 6.61 Å². The highest BCUT2D eigenvalue weighted by Gasteiger charge is 2.39. The number of nitrogens with one attached hydrogen (secondary N) is 2. The summed E-state index contributed by atoms with van der Waals surface area (Å²) in [7, 11) is 0. The average Bonchev–Trinajstić information content (AvgIpc) is 3.19. The summed E-state index contributed by atoms with van der Waals surface area (Å²) in [5, 5.41) is 24.1. The molecule has 2 aromatic rings. The van der Waals surface area contributed by atoms with Crippen molar-refractivity contribution in [2.75, 3.05) is 19.8 Å². The van der Waals surface area contributed by atoms with E-state index in [9.17, 15) is 24.6 Å². The summed E-state index contributed by atoms with van der Waals surface area (Å²) >= 11 is 0. The lowest BCUT2D eigenvalue weighted by Gasteiger charge is -2.33. The van der Waals surface area contributed by atoms with E-state index in [2.05, 4.69) is 34.9 Å². The highest BCUT2D eigenvalue weighted by Crippen LogP contribution is 2.44. The van der Waals surface area contributed by atoms with Gasteiger partial charge in [0.2, 0.25) is 5.91 Å². The summed E-state index contributed by atoms with van der Waals surface area (Å²) < 4.78 is 5.59. The Balaban J connectivity index is 1.34. The largest absolute Gasteiger partial charge is 0.479 e. The summed E-state index contributed by atoms with van der Waals surface area (Å²) in [5.41, 5.74) is 2.85. The van der Waals surface area contributed by atoms with E-state index in [4.69, 9.17) is 4.74 Å². The fraction of sp³-hybridized carbons (Fsp3) is 0.444. The highest BCUT2D eigenvalue weighted by atomic mass is 16.5. The molecule has 8 nitrogen and oxygen atoms in total. The summed E-state index contributed by atoms with van der Waals surface area (Å²) in [6.45, 7) is 1.04. The summed E-state index contributed by atoms with van der Waals surface area (Å²) in [5.74, 6) is -2.32. The zero-order chi connectivity index (χ0) is 25.0. The zero-order valence-electron chi connectivity index (χ0n) is 19.8. The molecule has 1 saturated carbocycles. The standard InChI is InChI=1S/C27H32N2O6/c1-27(16-30,25(32)33)29-24(31)18-9-3-2-8-17(18)14-28-26(34)35-15-23-21-12-6-4-10-19(21)20-11-5-7-13-22(20)23/h4-7,10-13,17-18,23,30H,2-3,8-9,14-16H2,1H3,(H,28,34)(H,29,31)(H,32,33)/t17-,18-,27?/m1/s1. The van der Waals surface area contributed by atoms with Gasteiger partial charge in [-0.05, 0) is 47.9 Å². The number of carbonyl (C=O) groups excluding carboxylic acids is 2. The lowest BCUT2D eigenvalue weighted by Crippen LogP contribution is -2.57. The predicted octanol–water partition coefficient (Wildman–Crippen LogP) is 3.28. The molecule has 8 heteroatoms. The molecule has 1 unspecified atom stereocenters. The van der Waals surface area contributed by atoms with Crippen LogP contribution >= 0.6 is 0 Å². The average molecular weight is 481 g/mol. The van der Waals surface area contributed by atoms with Crippen molar-refractivity contribution in [3.8, 4) is 11.1 Å². The van der Waals surface area contributed by atoms with E-state index in [1.165, 1.54) is 6.92 Å². The molecule has 2 aliphatic carbocycles. The van der Waals surface area contributed by atoms with E-state index < -0.39 is 36.0 Å². The Morgan fingerprint density at radius 1 is 1.00 bits per heavy atom. The normalized spacial score (nSPS) is 20.7. The minimum atomic E-state index is -1.74. The van der Waals surface area contributed by atoms with Crippen LogP contribution in [0.1, 0.15) is 49.7 Å². The van der Waals surface area contributed by atoms with E-state index in [1.807, 2.05) is 24.3 Å². The van der Waals surface area contributed by atoms with Gasteiger partial charge in [-0.25, -0.2) is 9.59 Å². The number of fused-ring (bicyclic) bond motifs is 3. The molecule has 1 fully saturated rings. The number of carboxylic acids is 1. The number of carbonyl (C=O) groups is 3. The number of hydrogen-bond acceptors (Lipinski definition) is 5. The van der Waals surface area contributed by atoms with E-state index >= 15 is 0 Å². The van der Waals surface area contributed by atoms with Gasteiger partial charge in [0.05, 0.1) is 6.61 Å². The highest BCUT2D eigenvalue weighted by molar-refractivity contribution is 5.88. The molecule has 3 atom stereocenters. The second-order valence-corrected chi connectivity index (χ2v) is 9.64. The summed E-state index contributed by atoms with van der Waals surface area (Å²) in [6.07, 6.45) is 2.58. The molecule has 0 aromatic heterocycles. The molecule has 35 heavy (non-hydrogen) atoms. The van der Waals surface area contributed by atoms with Crippen LogP contribution in [0.5, 0.6) is 0 Å². The van der Waals surface area contributed by atoms with E-state index in [-0.39, 0.29) is 25.0 Å². The van der Waals surface area contributed by atoms with Gasteiger partial charge in [0, 0.05) is 18.4 Å². The molecule has 2 aliphatic rings. The van der Waals surface area contributed by atoms with Crippen molar-refractivity contribution >= 4 is 18.0 Å². The van der Waals surface area contributed by atoms with E-state index in [1.54, 1.807) is 0 Å². The molecule has 0 spiro atoms. The maximum Gasteiger partial charge on any atom is 0.407 e. The number of alkyl carbamates (subject to hydrolysis) is 1. The summed E-state index contributed by atoms with van der Waals surface area (Å²) in [4.78, 5) is 36.9. The number of rotatable bonds is 8. The maximum atomic E-state index is 12.8. The van der Waals surface area contributed by atoms with Gasteiger partial charge < -0.3 is 25.6 Å². The smallest absolute Gasteiger partial charge is 0.407 e. The monoisotopic (exact) mass is 480 g/mol. The third kappa shape index (κ3) is 5.17. The van der Waals surface area contributed by atoms with Gasteiger partial charge in [0.25, 0.3) is 0 Å². The number of carboxylic acid groups (broad SMARTS) is 1. The molecular weight excluding hydrogens is 448 g/mol. The van der Waals surface area contributed by atoms with Crippen LogP contribution in [0.15, 0.2) is 48.5 Å². The van der Waals surface area contributed by atoms with Crippen LogP contribution in [0.25, 0.3) is 11.1 Å². The number of aliphatic hydroxyl groups is 1. The predicted molar refractivity (Wildman–Crippen MR) is 130 cm³/mol. The lowest BCUT2D eigenvalue weighted by atomic mass is 9.78. The topological polar surface area (TPSA) is 125 Å². The van der Waals surface area contributed by atoms with Crippen LogP contribution in [0, 0.1) is 11.8 Å². The first-order chi connectivity index (χ1) is 16.8. The van der Waals surface area contributed by atoms with Gasteiger partial charge >= 0.3 is 12.1 Å². The van der Waals surface area contributed by atoms with Crippen molar-refractivity contribution in [1.29, 1.82) is 0 Å². The molecule has 0 saturated heterocycles. The van der Waals surface area contributed by atoms with Gasteiger partial charge in [-0.2, -0.15) is 0 Å². The second kappa shape index (κ2) is 10.5. The minimum absolute atomic E-state index is 0.0338. The molecule has 2 aromatic carbocycles. The Morgan fingerprint density at radius 3 is 2.20 bits per heavy atom. The second-order valence-electron chi connectivity index (χ2n) is 9.64. The van der Waals surface area contributed by atoms with Crippen molar-refractivity contribution in [2.45, 2.75) is 44.1 Å². The number of amides is 2. The minimum Gasteiger partial charge on any atom is -0.479 e. The third-order valence-corrected chi connectivity index (χ3v) is 7.29. The molecule has 0 radical (unpaired) electrons. The Kier molecular flexibility index (Phi) is 7.40. The first-order valence-electron chi connectivity index (χ1n) is 12.1. The van der Waals surface area contributed by atoms with E-state index in [0.717, 1.165) is 41.5 Å². The summed E-state index contributed by atoms with van der Waals surface area (Å²) in [6, 6.07) is 16.2. The van der Waals surface area contributed by atoms with Crippen LogP contribution in [-0.2, 0) is 14.3 Å². The SMILES string of the molecule is CC(CO)(NC(=O)[C@@H]1CCCC[C@@H]1CNC(=O)OCC1c2ccccc2-c2ccccc21)C(=O)O. The molecular formula is C27H32N2O6. The molecule has 4 rings (SSSR count). The van der Waals surface area contributed by atoms with Gasteiger partial charge in [-0.3, -0.25) is 4.79 Å². The molecule has 4 N–H and O–H groups in total. The molecule has 0 bridgehead atoms. The molecule has 2 amide bonds. The molecule has 0 heterocycles. The first kappa shape index (κ1) is 24.7. The van der Waals surface area contributed by atoms with Crippen molar-refractivity contribution < 1.29 is 29.3 Å². The van der Waals surface area contributed by atoms with Gasteiger partial charge in [-0.15, -0.1) is 0 Å². The van der Waals surface area contributed by atoms with Crippen molar-refractivity contribution in [2.24, 2.45) is 11.8 Å². The Hall–Kier alpha value is -3.39. The molecule has 0 aliphatic heterocycles. The quantitative estimate of drug-likeness (QED) is 0.460. The number of aliphatic hydroxyl groups excluding tert-OH is 1. The maximum absolute atomic E-state index is 12.8. The Labute approximate surface area is 204 Å². The number of hydrogen-bond donors (Lipinski definition) is 4. The van der Waals surface area contributed by atoms with Crippen LogP contribution < -0.4 is 10.6 Å². The van der Waals surface area contributed by atoms with Crippen molar-refractivity contribution in [3.63, 3.8) is 0 Å². The Morgan fingerprint density at radius 2 is 1.60 bits per heavy atom. The van der Waals surface area contributed by atoms with Crippen LogP contribution in [0.4, 0.5) is 4.79 Å². The fourth-order valence-corrected chi connectivity index (χ4v) is 5.19. The number of aliphatic carboxylic acids is 1.